The summed E-state index contributed by atoms with van der Waals surface area (Å²) in [5.41, 5.74) is 6.15. The second-order valence-corrected chi connectivity index (χ2v) is 5.46. The van der Waals surface area contributed by atoms with Gasteiger partial charge in [-0.1, -0.05) is 5.16 Å². The van der Waals surface area contributed by atoms with Gasteiger partial charge in [0.2, 0.25) is 12.3 Å². The number of hydrogen-bond acceptors (Lipinski definition) is 5. The summed E-state index contributed by atoms with van der Waals surface area (Å²) in [6.07, 6.45) is 4.68. The number of nitrogens with zero attached hydrogens (tertiary/aromatic N) is 2. The lowest BCUT2D eigenvalue weighted by Gasteiger charge is -2.27. The van der Waals surface area contributed by atoms with Crippen LogP contribution in [0.2, 0.25) is 0 Å². The summed E-state index contributed by atoms with van der Waals surface area (Å²) in [5.74, 6) is 1.49. The Hall–Kier alpha value is -1.14. The molecule has 3 rings (SSSR count). The third-order valence-electron chi connectivity index (χ3n) is 4.41. The first kappa shape index (κ1) is 14.3. The molecule has 2 saturated carbocycles. The predicted octanol–water partition coefficient (Wildman–Crippen LogP) is 1.04. The largest absolute Gasteiger partial charge is 0.346 e. The highest BCUT2D eigenvalue weighted by Crippen LogP contribution is 2.47. The van der Waals surface area contributed by atoms with Crippen molar-refractivity contribution in [2.45, 2.75) is 38.3 Å². The van der Waals surface area contributed by atoms with E-state index in [1.165, 1.54) is 12.8 Å². The number of carbonyl (C=O) groups excluding carboxylic acids is 1. The number of nitrogens with one attached hydrogen (secondary N) is 1. The first-order valence-electron chi connectivity index (χ1n) is 6.49. The monoisotopic (exact) mass is 286 g/mol. The summed E-state index contributed by atoms with van der Waals surface area (Å²) in [6.45, 7) is 1.85. The van der Waals surface area contributed by atoms with Crippen molar-refractivity contribution >= 4 is 18.3 Å². The van der Waals surface area contributed by atoms with E-state index >= 15 is 0 Å². The van der Waals surface area contributed by atoms with Crippen LogP contribution < -0.4 is 11.1 Å². The molecule has 0 spiro atoms. The molecule has 0 radical (unpaired) electrons. The first-order chi connectivity index (χ1) is 8.66. The Bertz CT molecular complexity index is 437. The molecule has 2 aliphatic rings. The van der Waals surface area contributed by atoms with Gasteiger partial charge in [-0.25, -0.2) is 0 Å². The Morgan fingerprint density at radius 2 is 2.26 bits per heavy atom. The third kappa shape index (κ3) is 2.47. The molecule has 1 heterocycles. The van der Waals surface area contributed by atoms with Crippen LogP contribution in [0.3, 0.4) is 0 Å². The second-order valence-electron chi connectivity index (χ2n) is 5.46. The Balaban J connectivity index is 0.00000133. The van der Waals surface area contributed by atoms with Crippen molar-refractivity contribution in [2.75, 3.05) is 0 Å². The van der Waals surface area contributed by atoms with Gasteiger partial charge < -0.3 is 15.6 Å². The van der Waals surface area contributed by atoms with E-state index in [9.17, 15) is 4.79 Å². The molecule has 7 heteroatoms. The molecule has 1 aromatic heterocycles. The molecule has 6 nitrogen and oxygen atoms in total. The lowest BCUT2D eigenvalue weighted by molar-refractivity contribution is -0.127. The van der Waals surface area contributed by atoms with Gasteiger partial charge in [-0.2, -0.15) is 4.98 Å². The van der Waals surface area contributed by atoms with Crippen molar-refractivity contribution in [3.63, 3.8) is 0 Å². The molecule has 5 atom stereocenters. The van der Waals surface area contributed by atoms with E-state index in [-0.39, 0.29) is 36.3 Å². The topological polar surface area (TPSA) is 94.0 Å². The van der Waals surface area contributed by atoms with Crippen molar-refractivity contribution in [3.05, 3.63) is 12.2 Å². The van der Waals surface area contributed by atoms with Crippen LogP contribution in [-0.2, 0) is 4.79 Å². The third-order valence-corrected chi connectivity index (χ3v) is 4.41. The van der Waals surface area contributed by atoms with Crippen LogP contribution in [0.1, 0.15) is 38.1 Å². The van der Waals surface area contributed by atoms with Crippen LogP contribution in [0.5, 0.6) is 0 Å². The molecule has 2 aliphatic carbocycles. The van der Waals surface area contributed by atoms with E-state index in [0.717, 1.165) is 12.8 Å². The lowest BCUT2D eigenvalue weighted by atomic mass is 9.84. The molecule has 2 fully saturated rings. The van der Waals surface area contributed by atoms with E-state index in [1.54, 1.807) is 0 Å². The van der Waals surface area contributed by atoms with Crippen LogP contribution in [0.25, 0.3) is 0 Å². The smallest absolute Gasteiger partial charge is 0.225 e. The zero-order valence-corrected chi connectivity index (χ0v) is 11.6. The van der Waals surface area contributed by atoms with Crippen LogP contribution in [0, 0.1) is 17.8 Å². The fourth-order valence-electron chi connectivity index (χ4n) is 3.47. The SMILES string of the molecule is CC(NC(=O)C1C2CCC(C2)C1N)c1ncon1.Cl. The van der Waals surface area contributed by atoms with Gasteiger partial charge in [-0.05, 0) is 38.0 Å². The highest BCUT2D eigenvalue weighted by atomic mass is 35.5. The fourth-order valence-corrected chi connectivity index (χ4v) is 3.47. The minimum atomic E-state index is -0.234. The zero-order valence-electron chi connectivity index (χ0n) is 10.8. The Kier molecular flexibility index (Phi) is 4.10. The molecule has 2 bridgehead atoms. The molecule has 19 heavy (non-hydrogen) atoms. The molecule has 0 aliphatic heterocycles. The maximum atomic E-state index is 12.3. The van der Waals surface area contributed by atoms with E-state index in [2.05, 4.69) is 20.0 Å². The van der Waals surface area contributed by atoms with Gasteiger partial charge in [0.15, 0.2) is 5.82 Å². The standard InChI is InChI=1S/C12H18N4O2.ClH/c1-6(11-14-5-18-16-11)15-12(17)9-7-2-3-8(4-7)10(9)13;/h5-10H,2-4,13H2,1H3,(H,15,17);1H. The van der Waals surface area contributed by atoms with Gasteiger partial charge in [0.05, 0.1) is 12.0 Å². The summed E-state index contributed by atoms with van der Waals surface area (Å²) in [4.78, 5) is 16.2. The summed E-state index contributed by atoms with van der Waals surface area (Å²) >= 11 is 0. The normalized spacial score (nSPS) is 33.8. The lowest BCUT2D eigenvalue weighted by Crippen LogP contribution is -2.45. The van der Waals surface area contributed by atoms with Crippen LogP contribution in [0.15, 0.2) is 10.9 Å². The number of hydrogen-bond donors (Lipinski definition) is 2. The van der Waals surface area contributed by atoms with Crippen LogP contribution in [-0.4, -0.2) is 22.1 Å². The number of rotatable bonds is 3. The van der Waals surface area contributed by atoms with E-state index in [0.29, 0.717) is 17.7 Å². The number of fused-ring (bicyclic) bond motifs is 2. The highest BCUT2D eigenvalue weighted by molar-refractivity contribution is 5.85. The molecule has 3 N–H and O–H groups in total. The van der Waals surface area contributed by atoms with Crippen molar-refractivity contribution in [3.8, 4) is 0 Å². The number of amides is 1. The van der Waals surface area contributed by atoms with E-state index in [4.69, 9.17) is 5.73 Å². The van der Waals surface area contributed by atoms with Gasteiger partial charge in [-0.15, -0.1) is 12.4 Å². The Morgan fingerprint density at radius 1 is 1.53 bits per heavy atom. The summed E-state index contributed by atoms with van der Waals surface area (Å²) in [6, 6.07) is -0.219. The summed E-state index contributed by atoms with van der Waals surface area (Å²) < 4.78 is 4.68. The molecule has 5 unspecified atom stereocenters. The predicted molar refractivity (Wildman–Crippen MR) is 70.4 cm³/mol. The number of carbonyl (C=O) groups is 1. The van der Waals surface area contributed by atoms with Gasteiger partial charge in [-0.3, -0.25) is 4.79 Å². The van der Waals surface area contributed by atoms with Crippen molar-refractivity contribution < 1.29 is 9.32 Å². The van der Waals surface area contributed by atoms with E-state index in [1.807, 2.05) is 6.92 Å². The van der Waals surface area contributed by atoms with Gasteiger partial charge >= 0.3 is 0 Å². The minimum Gasteiger partial charge on any atom is -0.346 e. The molecule has 106 valence electrons. The molecular weight excluding hydrogens is 268 g/mol. The zero-order chi connectivity index (χ0) is 12.7. The molecule has 0 saturated heterocycles. The quantitative estimate of drug-likeness (QED) is 0.866. The van der Waals surface area contributed by atoms with Gasteiger partial charge in [0.1, 0.15) is 0 Å². The molecular formula is C12H19ClN4O2. The number of halogens is 1. The van der Waals surface area contributed by atoms with Crippen LogP contribution in [0.4, 0.5) is 0 Å². The van der Waals surface area contributed by atoms with Crippen LogP contribution >= 0.6 is 12.4 Å². The average molecular weight is 287 g/mol. The summed E-state index contributed by atoms with van der Waals surface area (Å²) in [5, 5.41) is 6.67. The molecule has 1 aromatic rings. The second kappa shape index (κ2) is 5.46. The first-order valence-corrected chi connectivity index (χ1v) is 6.49. The maximum Gasteiger partial charge on any atom is 0.225 e. The van der Waals surface area contributed by atoms with Gasteiger partial charge in [0, 0.05) is 6.04 Å². The molecule has 0 aromatic carbocycles. The van der Waals surface area contributed by atoms with Crippen molar-refractivity contribution in [2.24, 2.45) is 23.5 Å². The maximum absolute atomic E-state index is 12.3. The van der Waals surface area contributed by atoms with E-state index < -0.39 is 0 Å². The Labute approximate surface area is 117 Å². The average Bonchev–Trinajstić information content (AvgIpc) is 3.05. The van der Waals surface area contributed by atoms with Crippen molar-refractivity contribution in [1.82, 2.24) is 15.5 Å². The minimum absolute atomic E-state index is 0. The number of nitrogens with two attached hydrogens (primary N) is 1. The summed E-state index contributed by atoms with van der Waals surface area (Å²) in [7, 11) is 0. The fraction of sp³-hybridized carbons (Fsp3) is 0.750. The van der Waals surface area contributed by atoms with Crippen molar-refractivity contribution in [1.29, 1.82) is 0 Å². The molecule has 1 amide bonds. The van der Waals surface area contributed by atoms with Gasteiger partial charge in [0.25, 0.3) is 0 Å². The number of aromatic nitrogens is 2. The Morgan fingerprint density at radius 3 is 2.84 bits per heavy atom. The highest BCUT2D eigenvalue weighted by Gasteiger charge is 2.49.